The number of hydrogen-bond acceptors (Lipinski definition) is 1. The van der Waals surface area contributed by atoms with Crippen molar-refractivity contribution in [2.45, 2.75) is 12.8 Å². The van der Waals surface area contributed by atoms with Crippen LogP contribution in [0.4, 0.5) is 0 Å². The average molecular weight is 740 g/mol. The number of para-hydroxylation sites is 4. The van der Waals surface area contributed by atoms with Crippen molar-refractivity contribution < 1.29 is 0 Å². The van der Waals surface area contributed by atoms with Crippen molar-refractivity contribution in [3.63, 3.8) is 0 Å². The third-order valence-electron chi connectivity index (χ3n) is 10.6. The molecule has 1 aliphatic carbocycles. The van der Waals surface area contributed by atoms with E-state index in [0.29, 0.717) is 0 Å². The van der Waals surface area contributed by atoms with Crippen LogP contribution in [0.5, 0.6) is 0 Å². The van der Waals surface area contributed by atoms with E-state index in [1.807, 2.05) is 12.1 Å². The van der Waals surface area contributed by atoms with Gasteiger partial charge in [0.1, 0.15) is 0 Å². The van der Waals surface area contributed by atoms with Crippen molar-refractivity contribution >= 4 is 81.6 Å². The zero-order valence-electron chi connectivity index (χ0n) is 26.5. The Bertz CT molecular complexity index is 2980. The summed E-state index contributed by atoms with van der Waals surface area (Å²) in [5.74, 6) is 0. The number of hydrogen-bond donors (Lipinski definition) is 0. The van der Waals surface area contributed by atoms with Gasteiger partial charge in [-0.15, -0.1) is 0 Å². The Morgan fingerprint density at radius 1 is 0.429 bits per heavy atom. The van der Waals surface area contributed by atoms with Gasteiger partial charge in [-0.1, -0.05) is 12.1 Å². The molecule has 0 spiro atoms. The van der Waals surface area contributed by atoms with Crippen LogP contribution in [-0.2, 0) is 12.8 Å². The van der Waals surface area contributed by atoms with E-state index >= 15 is 0 Å². The molecule has 11 rings (SSSR count). The zero-order chi connectivity index (χ0) is 32.2. The Morgan fingerprint density at radius 3 is 1.55 bits per heavy atom. The minimum absolute atomic E-state index is 0.178. The molecular formula is C45H28N2OTe. The van der Waals surface area contributed by atoms with Gasteiger partial charge in [0.2, 0.25) is 0 Å². The molecule has 0 bridgehead atoms. The van der Waals surface area contributed by atoms with Crippen LogP contribution in [0.1, 0.15) is 22.3 Å². The van der Waals surface area contributed by atoms with E-state index in [9.17, 15) is 4.79 Å². The molecule has 3 aromatic heterocycles. The standard InChI is InChI=1S/C45H28N2OTe/c48-45-34-15-5-10-20-42(34)49-43-26-28-23-27-21-22-41(46-37-16-6-1-11-30(37)31-12-2-7-17-38(31)46)44(35(27)24-29(28)25-36(43)45)47-39-18-8-3-13-32(39)33-14-4-9-19-40(33)47/h1-22,25-26H,23-24H2. The van der Waals surface area contributed by atoms with Crippen LogP contribution in [0.15, 0.2) is 150 Å². The van der Waals surface area contributed by atoms with Crippen molar-refractivity contribution in [1.29, 1.82) is 0 Å². The van der Waals surface area contributed by atoms with E-state index in [1.165, 1.54) is 84.0 Å². The van der Waals surface area contributed by atoms with Gasteiger partial charge < -0.3 is 0 Å². The third-order valence-corrected chi connectivity index (χ3v) is 13.9. The molecule has 3 nitrogen and oxygen atoms in total. The maximum atomic E-state index is 13.9. The quantitative estimate of drug-likeness (QED) is 0.128. The minimum atomic E-state index is -0.628. The Morgan fingerprint density at radius 2 is 0.939 bits per heavy atom. The Balaban J connectivity index is 1.26. The van der Waals surface area contributed by atoms with E-state index in [1.54, 1.807) is 0 Å². The molecule has 7 aromatic carbocycles. The van der Waals surface area contributed by atoms with Crippen LogP contribution in [0.3, 0.4) is 0 Å². The summed E-state index contributed by atoms with van der Waals surface area (Å²) in [6, 6.07) is 52.8. The van der Waals surface area contributed by atoms with Crippen molar-refractivity contribution in [3.8, 4) is 11.4 Å². The van der Waals surface area contributed by atoms with Crippen LogP contribution < -0.4 is 5.43 Å². The molecule has 0 saturated heterocycles. The van der Waals surface area contributed by atoms with E-state index in [-0.39, 0.29) is 5.43 Å². The van der Waals surface area contributed by atoms with E-state index in [4.69, 9.17) is 0 Å². The molecule has 0 amide bonds. The number of rotatable bonds is 2. The average Bonchev–Trinajstić information content (AvgIpc) is 3.66. The first-order chi connectivity index (χ1) is 24.2. The van der Waals surface area contributed by atoms with E-state index < -0.39 is 20.4 Å². The van der Waals surface area contributed by atoms with Crippen LogP contribution >= 0.6 is 0 Å². The first-order valence-corrected chi connectivity index (χ1v) is 19.2. The Hall–Kier alpha value is -5.40. The third kappa shape index (κ3) is 3.88. The van der Waals surface area contributed by atoms with Gasteiger partial charge in [-0.2, -0.15) is 0 Å². The van der Waals surface area contributed by atoms with Gasteiger partial charge in [-0.05, 0) is 0 Å². The summed E-state index contributed by atoms with van der Waals surface area (Å²) in [5, 5.41) is 6.83. The van der Waals surface area contributed by atoms with E-state index in [0.717, 1.165) is 23.6 Å². The fourth-order valence-electron chi connectivity index (χ4n) is 8.46. The molecule has 0 fully saturated rings. The van der Waals surface area contributed by atoms with Gasteiger partial charge in [0.25, 0.3) is 0 Å². The van der Waals surface area contributed by atoms with E-state index in [2.05, 4.69) is 143 Å². The number of fused-ring (bicyclic) bond motifs is 10. The van der Waals surface area contributed by atoms with Crippen molar-refractivity contribution in [1.82, 2.24) is 9.13 Å². The number of benzene rings is 7. The summed E-state index contributed by atoms with van der Waals surface area (Å²) in [7, 11) is 0. The molecule has 3 heterocycles. The molecule has 1 aliphatic rings. The number of nitrogens with zero attached hydrogens (tertiary/aromatic N) is 2. The second-order valence-corrected chi connectivity index (χ2v) is 16.3. The normalized spacial score (nSPS) is 12.8. The van der Waals surface area contributed by atoms with Gasteiger partial charge in [0, 0.05) is 0 Å². The summed E-state index contributed by atoms with van der Waals surface area (Å²) in [6.07, 6.45) is 1.63. The molecular weight excluding hydrogens is 712 g/mol. The molecule has 0 atom stereocenters. The fourth-order valence-corrected chi connectivity index (χ4v) is 11.7. The van der Waals surface area contributed by atoms with Crippen molar-refractivity contribution in [3.05, 3.63) is 178 Å². The maximum absolute atomic E-state index is 13.9. The number of aromatic nitrogens is 2. The molecule has 0 unspecified atom stereocenters. The first-order valence-electron chi connectivity index (χ1n) is 16.8. The van der Waals surface area contributed by atoms with Crippen LogP contribution in [0.25, 0.3) is 72.6 Å². The SMILES string of the molecule is O=c1c2ccccc2[te]c2cc3c(cc12)Cc1c(ccc(-n2c4ccccc4c4ccccc42)c1-n1c2ccccc2c2ccccc21)C3. The Kier molecular flexibility index (Phi) is 5.79. The van der Waals surface area contributed by atoms with Crippen molar-refractivity contribution in [2.24, 2.45) is 0 Å². The predicted octanol–water partition coefficient (Wildman–Crippen LogP) is 10.1. The molecule has 0 radical (unpaired) electrons. The van der Waals surface area contributed by atoms with Gasteiger partial charge in [0.15, 0.2) is 0 Å². The molecule has 0 aliphatic heterocycles. The van der Waals surface area contributed by atoms with Crippen LogP contribution in [0.2, 0.25) is 0 Å². The van der Waals surface area contributed by atoms with Gasteiger partial charge >= 0.3 is 281 Å². The summed E-state index contributed by atoms with van der Waals surface area (Å²) < 4.78 is 7.52. The van der Waals surface area contributed by atoms with Gasteiger partial charge in [0.05, 0.1) is 0 Å². The molecule has 10 aromatic rings. The molecule has 49 heavy (non-hydrogen) atoms. The van der Waals surface area contributed by atoms with Gasteiger partial charge in [-0.3, -0.25) is 0 Å². The molecule has 0 N–H and O–H groups in total. The fraction of sp³-hybridized carbons (Fsp3) is 0.0444. The molecule has 0 saturated carbocycles. The van der Waals surface area contributed by atoms with Crippen LogP contribution in [0, 0.1) is 0 Å². The van der Waals surface area contributed by atoms with Crippen LogP contribution in [-0.4, -0.2) is 29.6 Å². The van der Waals surface area contributed by atoms with Gasteiger partial charge in [-0.25, -0.2) is 0 Å². The molecule has 230 valence electrons. The first kappa shape index (κ1) is 27.5. The predicted molar refractivity (Wildman–Crippen MR) is 205 cm³/mol. The summed E-state index contributed by atoms with van der Waals surface area (Å²) >= 11 is -0.628. The van der Waals surface area contributed by atoms with Crippen molar-refractivity contribution in [2.75, 3.05) is 0 Å². The summed E-state index contributed by atoms with van der Waals surface area (Å²) in [4.78, 5) is 13.9. The summed E-state index contributed by atoms with van der Waals surface area (Å²) in [5.41, 5.74) is 12.7. The summed E-state index contributed by atoms with van der Waals surface area (Å²) in [6.45, 7) is 0. The second kappa shape index (κ2) is 10.3. The zero-order valence-corrected chi connectivity index (χ0v) is 28.8. The topological polar surface area (TPSA) is 26.9 Å². The monoisotopic (exact) mass is 742 g/mol. The second-order valence-electron chi connectivity index (χ2n) is 13.2. The molecule has 4 heteroatoms. The Labute approximate surface area is 291 Å².